The van der Waals surface area contributed by atoms with Crippen LogP contribution in [0.2, 0.25) is 0 Å². The van der Waals surface area contributed by atoms with Crippen LogP contribution in [-0.2, 0) is 0 Å². The Morgan fingerprint density at radius 3 is 2.48 bits per heavy atom. The van der Waals surface area contributed by atoms with Crippen molar-refractivity contribution in [1.82, 2.24) is 10.6 Å². The van der Waals surface area contributed by atoms with Gasteiger partial charge in [0.05, 0.1) is 5.56 Å². The van der Waals surface area contributed by atoms with E-state index in [4.69, 9.17) is 0 Å². The van der Waals surface area contributed by atoms with E-state index in [-0.39, 0.29) is 23.0 Å². The lowest BCUT2D eigenvalue weighted by atomic mass is 10.1. The Labute approximate surface area is 125 Å². The summed E-state index contributed by atoms with van der Waals surface area (Å²) in [6.07, 6.45) is 7.65. The van der Waals surface area contributed by atoms with Crippen molar-refractivity contribution in [1.29, 1.82) is 0 Å². The standard InChI is InChI=1S/C16H24N2O3/c19-13-7-8-14(15(20)11-13)16(21)18-10-9-17-12-5-3-1-2-4-6-12/h7-8,11-12,17,19-20H,1-6,9-10H2,(H,18,21). The Hall–Kier alpha value is -1.75. The molecule has 1 saturated carbocycles. The molecule has 0 unspecified atom stereocenters. The molecule has 1 fully saturated rings. The molecule has 0 aromatic heterocycles. The number of amides is 1. The number of rotatable bonds is 5. The van der Waals surface area contributed by atoms with Gasteiger partial charge in [-0.25, -0.2) is 0 Å². The lowest BCUT2D eigenvalue weighted by Gasteiger charge is -2.16. The number of phenols is 2. The van der Waals surface area contributed by atoms with Crippen molar-refractivity contribution >= 4 is 5.91 Å². The second kappa shape index (κ2) is 7.88. The molecule has 2 rings (SSSR count). The van der Waals surface area contributed by atoms with Crippen LogP contribution >= 0.6 is 0 Å². The fraction of sp³-hybridized carbons (Fsp3) is 0.562. The van der Waals surface area contributed by atoms with E-state index in [1.165, 1.54) is 56.7 Å². The summed E-state index contributed by atoms with van der Waals surface area (Å²) < 4.78 is 0. The summed E-state index contributed by atoms with van der Waals surface area (Å²) in [6.45, 7) is 1.25. The monoisotopic (exact) mass is 292 g/mol. The van der Waals surface area contributed by atoms with Crippen LogP contribution in [0.25, 0.3) is 0 Å². The van der Waals surface area contributed by atoms with Gasteiger partial charge in [0, 0.05) is 25.2 Å². The van der Waals surface area contributed by atoms with Crippen LogP contribution in [0.1, 0.15) is 48.9 Å². The fourth-order valence-corrected chi connectivity index (χ4v) is 2.74. The van der Waals surface area contributed by atoms with Gasteiger partial charge in [-0.15, -0.1) is 0 Å². The van der Waals surface area contributed by atoms with Crippen LogP contribution in [0.4, 0.5) is 0 Å². The van der Waals surface area contributed by atoms with Crippen LogP contribution in [0.3, 0.4) is 0 Å². The smallest absolute Gasteiger partial charge is 0.255 e. The highest BCUT2D eigenvalue weighted by Crippen LogP contribution is 2.22. The van der Waals surface area contributed by atoms with Crippen molar-refractivity contribution in [3.63, 3.8) is 0 Å². The molecule has 1 aliphatic carbocycles. The van der Waals surface area contributed by atoms with E-state index >= 15 is 0 Å². The van der Waals surface area contributed by atoms with Gasteiger partial charge in [-0.3, -0.25) is 4.79 Å². The van der Waals surface area contributed by atoms with E-state index < -0.39 is 0 Å². The summed E-state index contributed by atoms with van der Waals surface area (Å²) in [6, 6.07) is 4.53. The second-order valence-electron chi connectivity index (χ2n) is 5.60. The number of carbonyl (C=O) groups excluding carboxylic acids is 1. The molecule has 1 aromatic carbocycles. The van der Waals surface area contributed by atoms with Crippen molar-refractivity contribution in [2.24, 2.45) is 0 Å². The van der Waals surface area contributed by atoms with Gasteiger partial charge in [0.15, 0.2) is 0 Å². The molecule has 0 radical (unpaired) electrons. The SMILES string of the molecule is O=C(NCCNC1CCCCCC1)c1ccc(O)cc1O. The van der Waals surface area contributed by atoms with E-state index in [0.717, 1.165) is 6.54 Å². The third-order valence-corrected chi connectivity index (χ3v) is 3.92. The molecular formula is C16H24N2O3. The zero-order valence-electron chi connectivity index (χ0n) is 12.3. The van der Waals surface area contributed by atoms with Crippen molar-refractivity contribution in [2.45, 2.75) is 44.6 Å². The first-order chi connectivity index (χ1) is 10.2. The van der Waals surface area contributed by atoms with Crippen molar-refractivity contribution in [3.8, 4) is 11.5 Å². The van der Waals surface area contributed by atoms with Gasteiger partial charge >= 0.3 is 0 Å². The topological polar surface area (TPSA) is 81.6 Å². The molecule has 4 N–H and O–H groups in total. The van der Waals surface area contributed by atoms with Crippen molar-refractivity contribution < 1.29 is 15.0 Å². The molecule has 1 aliphatic rings. The zero-order valence-corrected chi connectivity index (χ0v) is 12.3. The maximum atomic E-state index is 11.9. The minimum absolute atomic E-state index is 0.0564. The van der Waals surface area contributed by atoms with Gasteiger partial charge in [0.25, 0.3) is 5.91 Å². The van der Waals surface area contributed by atoms with Crippen LogP contribution in [0.5, 0.6) is 11.5 Å². The Morgan fingerprint density at radius 2 is 1.81 bits per heavy atom. The highest BCUT2D eigenvalue weighted by Gasteiger charge is 2.13. The highest BCUT2D eigenvalue weighted by molar-refractivity contribution is 5.96. The Kier molecular flexibility index (Phi) is 5.87. The quantitative estimate of drug-likeness (QED) is 0.495. The third kappa shape index (κ3) is 4.93. The van der Waals surface area contributed by atoms with Gasteiger partial charge in [0.1, 0.15) is 11.5 Å². The van der Waals surface area contributed by atoms with E-state index in [9.17, 15) is 15.0 Å². The lowest BCUT2D eigenvalue weighted by molar-refractivity contribution is 0.0951. The molecule has 1 amide bonds. The molecule has 5 nitrogen and oxygen atoms in total. The van der Waals surface area contributed by atoms with Gasteiger partial charge in [0.2, 0.25) is 0 Å². The average Bonchev–Trinajstić information content (AvgIpc) is 2.72. The first-order valence-electron chi connectivity index (χ1n) is 7.70. The minimum atomic E-state index is -0.324. The van der Waals surface area contributed by atoms with Crippen molar-refractivity contribution in [2.75, 3.05) is 13.1 Å². The van der Waals surface area contributed by atoms with Gasteiger partial charge < -0.3 is 20.8 Å². The normalized spacial score (nSPS) is 16.4. The molecule has 0 aliphatic heterocycles. The lowest BCUT2D eigenvalue weighted by Crippen LogP contribution is -2.36. The maximum Gasteiger partial charge on any atom is 0.255 e. The molecule has 0 saturated heterocycles. The number of phenolic OH excluding ortho intramolecular Hbond substituents is 2. The molecule has 5 heteroatoms. The number of carbonyl (C=O) groups is 1. The minimum Gasteiger partial charge on any atom is -0.508 e. The van der Waals surface area contributed by atoms with E-state index in [2.05, 4.69) is 10.6 Å². The summed E-state index contributed by atoms with van der Waals surface area (Å²) in [5.74, 6) is -0.585. The average molecular weight is 292 g/mol. The number of nitrogens with one attached hydrogen (secondary N) is 2. The maximum absolute atomic E-state index is 11.9. The molecule has 0 bridgehead atoms. The first-order valence-corrected chi connectivity index (χ1v) is 7.70. The fourth-order valence-electron chi connectivity index (χ4n) is 2.74. The Bertz CT molecular complexity index is 469. The van der Waals surface area contributed by atoms with Gasteiger partial charge in [-0.2, -0.15) is 0 Å². The van der Waals surface area contributed by atoms with Crippen LogP contribution in [-0.4, -0.2) is 35.3 Å². The molecule has 1 aromatic rings. The molecule has 0 atom stereocenters. The molecule has 21 heavy (non-hydrogen) atoms. The Balaban J connectivity index is 1.71. The molecule has 0 heterocycles. The predicted octanol–water partition coefficient (Wildman–Crippen LogP) is 2.14. The number of benzene rings is 1. The summed E-state index contributed by atoms with van der Waals surface area (Å²) >= 11 is 0. The predicted molar refractivity (Wildman–Crippen MR) is 81.6 cm³/mol. The summed E-state index contributed by atoms with van der Waals surface area (Å²) in [5.41, 5.74) is 0.183. The van der Waals surface area contributed by atoms with Gasteiger partial charge in [-0.05, 0) is 25.0 Å². The van der Waals surface area contributed by atoms with Crippen LogP contribution in [0, 0.1) is 0 Å². The number of aromatic hydroxyl groups is 2. The third-order valence-electron chi connectivity index (χ3n) is 3.92. The highest BCUT2D eigenvalue weighted by atomic mass is 16.3. The second-order valence-corrected chi connectivity index (χ2v) is 5.60. The van der Waals surface area contributed by atoms with Crippen LogP contribution in [0.15, 0.2) is 18.2 Å². The summed E-state index contributed by atoms with van der Waals surface area (Å²) in [7, 11) is 0. The molecule has 0 spiro atoms. The summed E-state index contributed by atoms with van der Waals surface area (Å²) in [4.78, 5) is 11.9. The van der Waals surface area contributed by atoms with E-state index in [1.54, 1.807) is 0 Å². The van der Waals surface area contributed by atoms with Crippen LogP contribution < -0.4 is 10.6 Å². The van der Waals surface area contributed by atoms with Gasteiger partial charge in [-0.1, -0.05) is 25.7 Å². The molecule has 116 valence electrons. The number of hydrogen-bond donors (Lipinski definition) is 4. The van der Waals surface area contributed by atoms with E-state index in [1.807, 2.05) is 0 Å². The molecular weight excluding hydrogens is 268 g/mol. The van der Waals surface area contributed by atoms with Crippen molar-refractivity contribution in [3.05, 3.63) is 23.8 Å². The van der Waals surface area contributed by atoms with E-state index in [0.29, 0.717) is 12.6 Å². The largest absolute Gasteiger partial charge is 0.508 e. The zero-order chi connectivity index (χ0) is 15.1. The summed E-state index contributed by atoms with van der Waals surface area (Å²) in [5, 5.41) is 25.1. The first kappa shape index (κ1) is 15.6. The number of hydrogen-bond acceptors (Lipinski definition) is 4. The Morgan fingerprint density at radius 1 is 1.10 bits per heavy atom.